The van der Waals surface area contributed by atoms with E-state index in [9.17, 15) is 0 Å². The molecule has 0 radical (unpaired) electrons. The van der Waals surface area contributed by atoms with E-state index < -0.39 is 0 Å². The molecule has 1 aromatic rings. The van der Waals surface area contributed by atoms with Gasteiger partial charge in [-0.15, -0.1) is 5.10 Å². The molecule has 0 bridgehead atoms. The Hall–Kier alpha value is -0.420. The van der Waals surface area contributed by atoms with Gasteiger partial charge in [0.2, 0.25) is 5.13 Å². The van der Waals surface area contributed by atoms with Crippen LogP contribution in [0, 0.1) is 9.87 Å². The maximum Gasteiger partial charge on any atom is 0.204 e. The second-order valence-corrected chi connectivity index (χ2v) is 5.09. The fourth-order valence-corrected chi connectivity index (χ4v) is 2.49. The Balaban J connectivity index is 2.55. The van der Waals surface area contributed by atoms with Crippen LogP contribution in [0.25, 0.3) is 0 Å². The van der Waals surface area contributed by atoms with Gasteiger partial charge in [-0.1, -0.05) is 38.0 Å². The monoisotopic (exact) mass is 231 g/mol. The number of hydrogen-bond acceptors (Lipinski definition) is 4. The highest BCUT2D eigenvalue weighted by molar-refractivity contribution is 7.73. The van der Waals surface area contributed by atoms with Gasteiger partial charge in [0.1, 0.15) is 0 Å². The maximum absolute atomic E-state index is 4.97. The fourth-order valence-electron chi connectivity index (χ4n) is 1.60. The first-order valence-electron chi connectivity index (χ1n) is 4.99. The van der Waals surface area contributed by atoms with Crippen molar-refractivity contribution in [3.63, 3.8) is 0 Å². The molecule has 0 aromatic carbocycles. The SMILES string of the molecule is CCC(CC)C(C)Nc1n[nH]c(=S)s1. The number of aromatic nitrogens is 2. The number of nitrogens with zero attached hydrogens (tertiary/aromatic N) is 1. The molecule has 0 aliphatic heterocycles. The molecular formula is C9H17N3S2. The van der Waals surface area contributed by atoms with Crippen molar-refractivity contribution in [2.75, 3.05) is 5.32 Å². The van der Waals surface area contributed by atoms with Crippen LogP contribution >= 0.6 is 23.6 Å². The normalized spacial score (nSPS) is 13.1. The number of nitrogens with one attached hydrogen (secondary N) is 2. The molecule has 1 heterocycles. The predicted molar refractivity (Wildman–Crippen MR) is 64.5 cm³/mol. The first-order valence-corrected chi connectivity index (χ1v) is 6.21. The minimum absolute atomic E-state index is 0.457. The third kappa shape index (κ3) is 3.06. The number of anilines is 1. The van der Waals surface area contributed by atoms with Crippen LogP contribution in [0.1, 0.15) is 33.6 Å². The van der Waals surface area contributed by atoms with Gasteiger partial charge in [-0.3, -0.25) is 5.10 Å². The van der Waals surface area contributed by atoms with Gasteiger partial charge < -0.3 is 5.32 Å². The highest BCUT2D eigenvalue weighted by atomic mass is 32.1. The summed E-state index contributed by atoms with van der Waals surface area (Å²) in [5.74, 6) is 0.701. The summed E-state index contributed by atoms with van der Waals surface area (Å²) in [6, 6.07) is 0.457. The molecule has 1 atom stereocenters. The summed E-state index contributed by atoms with van der Waals surface area (Å²) < 4.78 is 0.726. The van der Waals surface area contributed by atoms with E-state index in [0.29, 0.717) is 12.0 Å². The van der Waals surface area contributed by atoms with Crippen molar-refractivity contribution in [2.45, 2.75) is 39.7 Å². The van der Waals surface area contributed by atoms with Gasteiger partial charge in [0.25, 0.3) is 0 Å². The average molecular weight is 231 g/mol. The smallest absolute Gasteiger partial charge is 0.204 e. The van der Waals surface area contributed by atoms with E-state index in [2.05, 4.69) is 36.3 Å². The number of H-pyrrole nitrogens is 1. The second kappa shape index (κ2) is 5.46. The molecule has 0 saturated heterocycles. The molecule has 0 fully saturated rings. The Kier molecular flexibility index (Phi) is 4.54. The molecular weight excluding hydrogens is 214 g/mol. The molecule has 0 spiro atoms. The molecule has 3 nitrogen and oxygen atoms in total. The van der Waals surface area contributed by atoms with Crippen molar-refractivity contribution in [3.05, 3.63) is 3.95 Å². The summed E-state index contributed by atoms with van der Waals surface area (Å²) in [7, 11) is 0. The number of aromatic amines is 1. The van der Waals surface area contributed by atoms with E-state index in [0.717, 1.165) is 9.09 Å². The van der Waals surface area contributed by atoms with Crippen LogP contribution in [0.15, 0.2) is 0 Å². The molecule has 1 unspecified atom stereocenters. The molecule has 14 heavy (non-hydrogen) atoms. The molecule has 1 aromatic heterocycles. The Morgan fingerprint density at radius 1 is 1.50 bits per heavy atom. The minimum Gasteiger partial charge on any atom is -0.357 e. The second-order valence-electron chi connectivity index (χ2n) is 3.43. The van der Waals surface area contributed by atoms with Crippen molar-refractivity contribution in [2.24, 2.45) is 5.92 Å². The first-order chi connectivity index (χ1) is 6.67. The Morgan fingerprint density at radius 3 is 2.57 bits per heavy atom. The van der Waals surface area contributed by atoms with Gasteiger partial charge in [-0.2, -0.15) is 0 Å². The molecule has 2 N–H and O–H groups in total. The Labute approximate surface area is 93.9 Å². The van der Waals surface area contributed by atoms with Gasteiger partial charge in [-0.05, 0) is 25.1 Å². The zero-order valence-corrected chi connectivity index (χ0v) is 10.5. The summed E-state index contributed by atoms with van der Waals surface area (Å²) in [5, 5.41) is 11.1. The Bertz CT molecular complexity index is 314. The standard InChI is InChI=1S/C9H17N3S2/c1-4-7(5-2)6(3)10-8-11-12-9(13)14-8/h6-7H,4-5H2,1-3H3,(H,10,11)(H,12,13). The molecule has 0 saturated carbocycles. The van der Waals surface area contributed by atoms with E-state index in [1.54, 1.807) is 0 Å². The summed E-state index contributed by atoms with van der Waals surface area (Å²) >= 11 is 6.46. The van der Waals surface area contributed by atoms with Crippen LogP contribution in [0.4, 0.5) is 5.13 Å². The van der Waals surface area contributed by atoms with Crippen LogP contribution in [0.2, 0.25) is 0 Å². The topological polar surface area (TPSA) is 40.7 Å². The molecule has 5 heteroatoms. The lowest BCUT2D eigenvalue weighted by atomic mass is 9.96. The van der Waals surface area contributed by atoms with Crippen LogP contribution in [-0.4, -0.2) is 16.2 Å². The summed E-state index contributed by atoms with van der Waals surface area (Å²) in [4.78, 5) is 0. The lowest BCUT2D eigenvalue weighted by Crippen LogP contribution is -2.24. The van der Waals surface area contributed by atoms with E-state index in [4.69, 9.17) is 12.2 Å². The van der Waals surface area contributed by atoms with Crippen LogP contribution in [0.5, 0.6) is 0 Å². The van der Waals surface area contributed by atoms with E-state index in [1.165, 1.54) is 24.2 Å². The van der Waals surface area contributed by atoms with Crippen molar-refractivity contribution in [1.82, 2.24) is 10.2 Å². The minimum atomic E-state index is 0.457. The zero-order valence-electron chi connectivity index (χ0n) is 8.83. The maximum atomic E-state index is 4.97. The van der Waals surface area contributed by atoms with Crippen LogP contribution in [0.3, 0.4) is 0 Å². The molecule has 0 amide bonds. The van der Waals surface area contributed by atoms with E-state index in [-0.39, 0.29) is 0 Å². The molecule has 0 aliphatic rings. The summed E-state index contributed by atoms with van der Waals surface area (Å²) in [6.45, 7) is 6.64. The quantitative estimate of drug-likeness (QED) is 0.763. The zero-order chi connectivity index (χ0) is 10.6. The predicted octanol–water partition coefficient (Wildman–Crippen LogP) is 3.44. The van der Waals surface area contributed by atoms with Crippen molar-refractivity contribution in [1.29, 1.82) is 0 Å². The fraction of sp³-hybridized carbons (Fsp3) is 0.778. The van der Waals surface area contributed by atoms with E-state index >= 15 is 0 Å². The average Bonchev–Trinajstić information content (AvgIpc) is 2.53. The molecule has 0 aliphatic carbocycles. The summed E-state index contributed by atoms with van der Waals surface area (Å²) in [5.41, 5.74) is 0. The van der Waals surface area contributed by atoms with Gasteiger partial charge in [0.15, 0.2) is 3.95 Å². The molecule has 80 valence electrons. The van der Waals surface area contributed by atoms with Gasteiger partial charge in [0, 0.05) is 6.04 Å². The van der Waals surface area contributed by atoms with Crippen molar-refractivity contribution >= 4 is 28.7 Å². The van der Waals surface area contributed by atoms with Crippen LogP contribution < -0.4 is 5.32 Å². The highest BCUT2D eigenvalue weighted by Gasteiger charge is 2.13. The van der Waals surface area contributed by atoms with Crippen molar-refractivity contribution in [3.8, 4) is 0 Å². The number of hydrogen-bond donors (Lipinski definition) is 2. The Morgan fingerprint density at radius 2 is 2.14 bits per heavy atom. The lowest BCUT2D eigenvalue weighted by molar-refractivity contribution is 0.437. The van der Waals surface area contributed by atoms with Gasteiger partial charge >= 0.3 is 0 Å². The lowest BCUT2D eigenvalue weighted by Gasteiger charge is -2.21. The first kappa shape index (κ1) is 11.7. The van der Waals surface area contributed by atoms with Crippen molar-refractivity contribution < 1.29 is 0 Å². The van der Waals surface area contributed by atoms with Gasteiger partial charge in [-0.25, -0.2) is 0 Å². The highest BCUT2D eigenvalue weighted by Crippen LogP contribution is 2.19. The van der Waals surface area contributed by atoms with Gasteiger partial charge in [0.05, 0.1) is 0 Å². The third-order valence-electron chi connectivity index (χ3n) is 2.55. The molecule has 1 rings (SSSR count). The number of rotatable bonds is 5. The summed E-state index contributed by atoms with van der Waals surface area (Å²) in [6.07, 6.45) is 2.39. The largest absolute Gasteiger partial charge is 0.357 e. The van der Waals surface area contributed by atoms with E-state index in [1.807, 2.05) is 0 Å². The van der Waals surface area contributed by atoms with Crippen LogP contribution in [-0.2, 0) is 0 Å². The third-order valence-corrected chi connectivity index (χ3v) is 3.57.